The molecule has 0 aromatic carbocycles. The maximum atomic E-state index is 9.46. The highest BCUT2D eigenvalue weighted by Crippen LogP contribution is 2.46. The number of rotatable bonds is 6. The predicted octanol–water partition coefficient (Wildman–Crippen LogP) is 1.77. The first-order valence-corrected chi connectivity index (χ1v) is 7.89. The molecule has 1 aliphatic carbocycles. The van der Waals surface area contributed by atoms with Gasteiger partial charge in [-0.15, -0.1) is 0 Å². The van der Waals surface area contributed by atoms with E-state index in [1.807, 2.05) is 0 Å². The van der Waals surface area contributed by atoms with Crippen molar-refractivity contribution in [3.63, 3.8) is 0 Å². The first-order valence-electron chi connectivity index (χ1n) is 7.89. The Bertz CT molecular complexity index is 287. The lowest BCUT2D eigenvalue weighted by Gasteiger charge is -2.30. The van der Waals surface area contributed by atoms with Gasteiger partial charge >= 0.3 is 0 Å². The van der Waals surface area contributed by atoms with Gasteiger partial charge in [0.25, 0.3) is 0 Å². The zero-order valence-electron chi connectivity index (χ0n) is 11.9. The minimum Gasteiger partial charge on any atom is -0.396 e. The molecule has 4 nitrogen and oxygen atoms in total. The van der Waals surface area contributed by atoms with Gasteiger partial charge in [0, 0.05) is 31.2 Å². The second-order valence-corrected chi connectivity index (χ2v) is 6.55. The molecule has 0 aromatic heterocycles. The van der Waals surface area contributed by atoms with Crippen molar-refractivity contribution in [2.24, 2.45) is 5.41 Å². The monoisotopic (exact) mass is 269 g/mol. The van der Waals surface area contributed by atoms with Crippen molar-refractivity contribution in [1.82, 2.24) is 4.90 Å². The van der Waals surface area contributed by atoms with E-state index < -0.39 is 0 Å². The number of nitrogens with zero attached hydrogens (tertiary/aromatic N) is 1. The molecule has 3 fully saturated rings. The van der Waals surface area contributed by atoms with Gasteiger partial charge in [0.05, 0.1) is 6.61 Å². The van der Waals surface area contributed by atoms with Crippen LogP contribution in [0.25, 0.3) is 0 Å². The Kier molecular flexibility index (Phi) is 4.42. The summed E-state index contributed by atoms with van der Waals surface area (Å²) in [7, 11) is 0. The second-order valence-electron chi connectivity index (χ2n) is 6.55. The van der Waals surface area contributed by atoms with Crippen molar-refractivity contribution < 1.29 is 14.6 Å². The summed E-state index contributed by atoms with van der Waals surface area (Å²) in [6.07, 6.45) is 8.37. The van der Waals surface area contributed by atoms with E-state index in [-0.39, 0.29) is 11.7 Å². The summed E-state index contributed by atoms with van der Waals surface area (Å²) in [5.74, 6) is 0. The van der Waals surface area contributed by atoms with Gasteiger partial charge in [0.15, 0.2) is 6.29 Å². The van der Waals surface area contributed by atoms with Crippen LogP contribution in [-0.4, -0.2) is 55.2 Å². The molecular weight excluding hydrogens is 242 g/mol. The average molecular weight is 269 g/mol. The number of hydrogen-bond donors (Lipinski definition) is 1. The number of likely N-dealkylation sites (tertiary alicyclic amines) is 1. The molecule has 0 aromatic rings. The van der Waals surface area contributed by atoms with Gasteiger partial charge < -0.3 is 14.6 Å². The first kappa shape index (κ1) is 13.8. The smallest absolute Gasteiger partial charge is 0.157 e. The molecule has 0 bridgehead atoms. The van der Waals surface area contributed by atoms with E-state index in [2.05, 4.69) is 4.90 Å². The highest BCUT2D eigenvalue weighted by Gasteiger charge is 2.45. The quantitative estimate of drug-likeness (QED) is 0.798. The minimum atomic E-state index is 0.0314. The molecule has 2 atom stereocenters. The zero-order chi connectivity index (χ0) is 13.1. The molecule has 0 amide bonds. The third kappa shape index (κ3) is 3.48. The number of aliphatic hydroxyl groups is 1. The molecule has 4 heteroatoms. The normalized spacial score (nSPS) is 34.6. The molecule has 19 heavy (non-hydrogen) atoms. The zero-order valence-corrected chi connectivity index (χ0v) is 11.9. The van der Waals surface area contributed by atoms with E-state index in [1.54, 1.807) is 0 Å². The van der Waals surface area contributed by atoms with E-state index >= 15 is 0 Å². The third-order valence-electron chi connectivity index (χ3n) is 4.94. The summed E-state index contributed by atoms with van der Waals surface area (Å²) >= 11 is 0. The van der Waals surface area contributed by atoms with Crippen LogP contribution < -0.4 is 0 Å². The molecule has 1 saturated carbocycles. The fraction of sp³-hybridized carbons (Fsp3) is 1.00. The van der Waals surface area contributed by atoms with Crippen LogP contribution >= 0.6 is 0 Å². The third-order valence-corrected chi connectivity index (χ3v) is 4.94. The minimum absolute atomic E-state index is 0.0314. The fourth-order valence-electron chi connectivity index (χ4n) is 3.33. The Morgan fingerprint density at radius 1 is 1.21 bits per heavy atom. The number of aliphatic hydroxyl groups excluding tert-OH is 1. The summed E-state index contributed by atoms with van der Waals surface area (Å²) in [6.45, 7) is 4.23. The summed E-state index contributed by atoms with van der Waals surface area (Å²) in [5.41, 5.74) is 0.226. The van der Waals surface area contributed by atoms with Crippen LogP contribution in [0.4, 0.5) is 0 Å². The maximum Gasteiger partial charge on any atom is 0.157 e. The van der Waals surface area contributed by atoms with Crippen molar-refractivity contribution in [2.75, 3.05) is 32.9 Å². The molecule has 110 valence electrons. The largest absolute Gasteiger partial charge is 0.396 e. The van der Waals surface area contributed by atoms with Crippen molar-refractivity contribution in [3.8, 4) is 0 Å². The van der Waals surface area contributed by atoms with Crippen LogP contribution in [0.2, 0.25) is 0 Å². The summed E-state index contributed by atoms with van der Waals surface area (Å²) in [5, 5.41) is 9.46. The Morgan fingerprint density at radius 2 is 2.11 bits per heavy atom. The fourth-order valence-corrected chi connectivity index (χ4v) is 3.33. The van der Waals surface area contributed by atoms with Gasteiger partial charge in [0.1, 0.15) is 0 Å². The van der Waals surface area contributed by atoms with Gasteiger partial charge in [-0.25, -0.2) is 0 Å². The average Bonchev–Trinajstić information content (AvgIpc) is 3.10. The molecule has 0 radical (unpaired) electrons. The molecule has 3 rings (SSSR count). The standard InChI is InChI=1S/C15H27NO3/c17-12-15(6-7-15)11-16-8-3-4-13(16)10-19-14-5-1-2-9-18-14/h13-14,17H,1-12H2/t13-,14?/m0/s1. The summed E-state index contributed by atoms with van der Waals surface area (Å²) in [4.78, 5) is 2.53. The molecular formula is C15H27NO3. The van der Waals surface area contributed by atoms with Crippen molar-refractivity contribution in [3.05, 3.63) is 0 Å². The second kappa shape index (κ2) is 6.08. The number of ether oxygens (including phenoxy) is 2. The molecule has 2 heterocycles. The van der Waals surface area contributed by atoms with Crippen molar-refractivity contribution in [2.45, 2.75) is 57.3 Å². The lowest BCUT2D eigenvalue weighted by molar-refractivity contribution is -0.169. The highest BCUT2D eigenvalue weighted by molar-refractivity contribution is 4.97. The predicted molar refractivity (Wildman–Crippen MR) is 72.9 cm³/mol. The van der Waals surface area contributed by atoms with E-state index in [4.69, 9.17) is 9.47 Å². The van der Waals surface area contributed by atoms with Gasteiger partial charge in [-0.2, -0.15) is 0 Å². The lowest BCUT2D eigenvalue weighted by Crippen LogP contribution is -2.39. The van der Waals surface area contributed by atoms with Gasteiger partial charge in [-0.3, -0.25) is 4.90 Å². The van der Waals surface area contributed by atoms with Gasteiger partial charge in [-0.1, -0.05) is 0 Å². The van der Waals surface area contributed by atoms with Crippen LogP contribution in [0.5, 0.6) is 0 Å². The van der Waals surface area contributed by atoms with Crippen LogP contribution in [0, 0.1) is 5.41 Å². The SMILES string of the molecule is OCC1(CN2CCC[C@H]2COC2CCCCO2)CC1. The first-order chi connectivity index (χ1) is 9.31. The van der Waals surface area contributed by atoms with Gasteiger partial charge in [-0.05, 0) is 51.5 Å². The molecule has 3 aliphatic rings. The molecule has 2 saturated heterocycles. The summed E-state index contributed by atoms with van der Waals surface area (Å²) in [6, 6.07) is 0.537. The van der Waals surface area contributed by atoms with Crippen LogP contribution in [0.1, 0.15) is 44.9 Å². The van der Waals surface area contributed by atoms with E-state index in [1.165, 1.54) is 45.1 Å². The van der Waals surface area contributed by atoms with Gasteiger partial charge in [0.2, 0.25) is 0 Å². The number of hydrogen-bond acceptors (Lipinski definition) is 4. The van der Waals surface area contributed by atoms with E-state index in [9.17, 15) is 5.11 Å². The molecule has 0 spiro atoms. The molecule has 1 N–H and O–H groups in total. The van der Waals surface area contributed by atoms with E-state index in [0.717, 1.165) is 26.2 Å². The van der Waals surface area contributed by atoms with Crippen molar-refractivity contribution >= 4 is 0 Å². The van der Waals surface area contributed by atoms with Crippen molar-refractivity contribution in [1.29, 1.82) is 0 Å². The molecule has 1 unspecified atom stereocenters. The molecule has 2 aliphatic heterocycles. The van der Waals surface area contributed by atoms with Crippen LogP contribution in [0.3, 0.4) is 0 Å². The Labute approximate surface area is 116 Å². The topological polar surface area (TPSA) is 41.9 Å². The lowest BCUT2D eigenvalue weighted by atomic mass is 10.1. The summed E-state index contributed by atoms with van der Waals surface area (Å²) < 4.78 is 11.6. The van der Waals surface area contributed by atoms with Crippen LogP contribution in [0.15, 0.2) is 0 Å². The Hall–Kier alpha value is -0.160. The highest BCUT2D eigenvalue weighted by atomic mass is 16.7. The Morgan fingerprint density at radius 3 is 2.79 bits per heavy atom. The maximum absolute atomic E-state index is 9.46. The Balaban J connectivity index is 1.43. The van der Waals surface area contributed by atoms with E-state index in [0.29, 0.717) is 12.6 Å². The van der Waals surface area contributed by atoms with Crippen LogP contribution in [-0.2, 0) is 9.47 Å².